The Labute approximate surface area is 192 Å². The Hall–Kier alpha value is -3.23. The van der Waals surface area contributed by atoms with E-state index in [4.69, 9.17) is 4.98 Å². The lowest BCUT2D eigenvalue weighted by atomic mass is 10.0. The van der Waals surface area contributed by atoms with Crippen LogP contribution in [0.25, 0.3) is 21.9 Å². The molecule has 172 valence electrons. The first-order valence-corrected chi connectivity index (χ1v) is 11.5. The van der Waals surface area contributed by atoms with E-state index in [0.29, 0.717) is 24.3 Å². The lowest BCUT2D eigenvalue weighted by Gasteiger charge is -2.33. The summed E-state index contributed by atoms with van der Waals surface area (Å²) in [5, 5.41) is 2.32. The summed E-state index contributed by atoms with van der Waals surface area (Å²) in [6, 6.07) is 14.5. The zero-order valence-corrected chi connectivity index (χ0v) is 19.5. The molecular weight excluding hydrogens is 416 g/mol. The number of benzene rings is 2. The van der Waals surface area contributed by atoms with Gasteiger partial charge >= 0.3 is 5.69 Å². The van der Waals surface area contributed by atoms with Gasteiger partial charge in [-0.25, -0.2) is 9.78 Å². The molecule has 3 heterocycles. The maximum Gasteiger partial charge on any atom is 0.332 e. The van der Waals surface area contributed by atoms with Crippen LogP contribution in [0.3, 0.4) is 0 Å². The second kappa shape index (κ2) is 8.61. The SMILES string of the molecule is CCN1CCN(Cc2nc3c(c(=O)n(C)c(=O)n3C)n2Cc2cccc3ccccc23)CC1. The second-order valence-electron chi connectivity index (χ2n) is 8.84. The van der Waals surface area contributed by atoms with Crippen molar-refractivity contribution in [2.75, 3.05) is 32.7 Å². The smallest absolute Gasteiger partial charge is 0.317 e. The monoisotopic (exact) mass is 446 g/mol. The third kappa shape index (κ3) is 3.79. The van der Waals surface area contributed by atoms with Gasteiger partial charge in [0.15, 0.2) is 11.2 Å². The standard InChI is InChI=1S/C25H30N6O2/c1-4-29-12-14-30(15-13-29)17-21-26-23-22(24(32)28(3)25(33)27(23)2)31(21)16-19-10-7-9-18-8-5-6-11-20(18)19/h5-11H,4,12-17H2,1-3H3. The fourth-order valence-corrected chi connectivity index (χ4v) is 4.85. The van der Waals surface area contributed by atoms with Gasteiger partial charge in [0.25, 0.3) is 5.56 Å². The van der Waals surface area contributed by atoms with E-state index in [1.165, 1.54) is 16.2 Å². The molecule has 2 aromatic heterocycles. The molecule has 0 N–H and O–H groups in total. The van der Waals surface area contributed by atoms with Crippen LogP contribution >= 0.6 is 0 Å². The van der Waals surface area contributed by atoms with Gasteiger partial charge in [0, 0.05) is 40.3 Å². The van der Waals surface area contributed by atoms with Gasteiger partial charge in [-0.05, 0) is 22.9 Å². The molecule has 1 saturated heterocycles. The Morgan fingerprint density at radius 3 is 2.30 bits per heavy atom. The average molecular weight is 447 g/mol. The highest BCUT2D eigenvalue weighted by Crippen LogP contribution is 2.22. The highest BCUT2D eigenvalue weighted by atomic mass is 16.2. The van der Waals surface area contributed by atoms with Gasteiger partial charge in [0.05, 0.1) is 13.1 Å². The molecule has 0 unspecified atom stereocenters. The Morgan fingerprint density at radius 2 is 1.55 bits per heavy atom. The molecule has 0 atom stereocenters. The van der Waals surface area contributed by atoms with E-state index in [1.54, 1.807) is 7.05 Å². The van der Waals surface area contributed by atoms with Gasteiger partial charge in [0.2, 0.25) is 0 Å². The van der Waals surface area contributed by atoms with Crippen LogP contribution in [-0.2, 0) is 27.2 Å². The average Bonchev–Trinajstić information content (AvgIpc) is 3.20. The first-order valence-electron chi connectivity index (χ1n) is 11.5. The molecule has 8 heteroatoms. The molecule has 0 amide bonds. The third-order valence-corrected chi connectivity index (χ3v) is 6.91. The van der Waals surface area contributed by atoms with Crippen LogP contribution in [0.5, 0.6) is 0 Å². The summed E-state index contributed by atoms with van der Waals surface area (Å²) in [6.07, 6.45) is 0. The van der Waals surface area contributed by atoms with Crippen LogP contribution in [0.2, 0.25) is 0 Å². The molecule has 0 aliphatic carbocycles. The second-order valence-corrected chi connectivity index (χ2v) is 8.84. The lowest BCUT2D eigenvalue weighted by molar-refractivity contribution is 0.129. The predicted molar refractivity (Wildman–Crippen MR) is 131 cm³/mol. The zero-order valence-electron chi connectivity index (χ0n) is 19.5. The molecule has 1 fully saturated rings. The van der Waals surface area contributed by atoms with Crippen LogP contribution in [0, 0.1) is 0 Å². The highest BCUT2D eigenvalue weighted by molar-refractivity contribution is 5.85. The summed E-state index contributed by atoms with van der Waals surface area (Å²) in [4.78, 5) is 35.5. The number of rotatable bonds is 5. The van der Waals surface area contributed by atoms with Crippen molar-refractivity contribution in [1.29, 1.82) is 0 Å². The van der Waals surface area contributed by atoms with Crippen LogP contribution in [0.15, 0.2) is 52.1 Å². The number of imidazole rings is 1. The fourth-order valence-electron chi connectivity index (χ4n) is 4.85. The van der Waals surface area contributed by atoms with Gasteiger partial charge in [-0.15, -0.1) is 0 Å². The summed E-state index contributed by atoms with van der Waals surface area (Å²) in [6.45, 7) is 8.40. The van der Waals surface area contributed by atoms with Crippen molar-refractivity contribution in [2.24, 2.45) is 14.1 Å². The maximum absolute atomic E-state index is 13.2. The molecule has 33 heavy (non-hydrogen) atoms. The summed E-state index contributed by atoms with van der Waals surface area (Å²) < 4.78 is 4.67. The minimum atomic E-state index is -0.356. The highest BCUT2D eigenvalue weighted by Gasteiger charge is 2.23. The molecule has 0 bridgehead atoms. The number of piperazine rings is 1. The Bertz CT molecular complexity index is 1430. The van der Waals surface area contributed by atoms with Crippen LogP contribution in [0.4, 0.5) is 0 Å². The molecule has 2 aromatic carbocycles. The van der Waals surface area contributed by atoms with Crippen molar-refractivity contribution in [3.8, 4) is 0 Å². The number of hydrogen-bond acceptors (Lipinski definition) is 5. The minimum absolute atomic E-state index is 0.303. The zero-order chi connectivity index (χ0) is 23.1. The molecule has 0 radical (unpaired) electrons. The van der Waals surface area contributed by atoms with E-state index in [2.05, 4.69) is 41.0 Å². The minimum Gasteiger partial charge on any atom is -0.317 e. The number of fused-ring (bicyclic) bond motifs is 2. The maximum atomic E-state index is 13.2. The van der Waals surface area contributed by atoms with E-state index in [0.717, 1.165) is 54.9 Å². The van der Waals surface area contributed by atoms with Gasteiger partial charge in [0.1, 0.15) is 5.82 Å². The molecule has 0 saturated carbocycles. The summed E-state index contributed by atoms with van der Waals surface area (Å²) in [5.74, 6) is 0.821. The summed E-state index contributed by atoms with van der Waals surface area (Å²) in [5.41, 5.74) is 1.40. The van der Waals surface area contributed by atoms with E-state index in [-0.39, 0.29) is 11.2 Å². The van der Waals surface area contributed by atoms with Crippen LogP contribution < -0.4 is 11.2 Å². The number of aryl methyl sites for hydroxylation is 1. The van der Waals surface area contributed by atoms with Crippen molar-refractivity contribution in [2.45, 2.75) is 20.0 Å². The van der Waals surface area contributed by atoms with Gasteiger partial charge in [-0.1, -0.05) is 49.4 Å². The van der Waals surface area contributed by atoms with E-state index in [1.807, 2.05) is 22.8 Å². The van der Waals surface area contributed by atoms with Crippen molar-refractivity contribution < 1.29 is 0 Å². The Balaban J connectivity index is 1.64. The normalized spacial score (nSPS) is 15.6. The first kappa shape index (κ1) is 21.6. The lowest BCUT2D eigenvalue weighted by Crippen LogP contribution is -2.45. The number of aromatic nitrogens is 4. The van der Waals surface area contributed by atoms with Crippen molar-refractivity contribution >= 4 is 21.9 Å². The van der Waals surface area contributed by atoms with E-state index < -0.39 is 0 Å². The number of likely N-dealkylation sites (N-methyl/N-ethyl adjacent to an activating group) is 1. The molecular formula is C25H30N6O2. The summed E-state index contributed by atoms with van der Waals surface area (Å²) >= 11 is 0. The number of hydrogen-bond donors (Lipinski definition) is 0. The largest absolute Gasteiger partial charge is 0.332 e. The van der Waals surface area contributed by atoms with Gasteiger partial charge in [-0.3, -0.25) is 18.8 Å². The molecule has 4 aromatic rings. The van der Waals surface area contributed by atoms with E-state index >= 15 is 0 Å². The topological polar surface area (TPSA) is 68.3 Å². The fraction of sp³-hybridized carbons (Fsp3) is 0.400. The molecule has 1 aliphatic rings. The van der Waals surface area contributed by atoms with Gasteiger partial charge in [-0.2, -0.15) is 0 Å². The Morgan fingerprint density at radius 1 is 0.848 bits per heavy atom. The molecule has 5 rings (SSSR count). The summed E-state index contributed by atoms with van der Waals surface area (Å²) in [7, 11) is 3.21. The van der Waals surface area contributed by atoms with Crippen molar-refractivity contribution in [1.82, 2.24) is 28.5 Å². The first-order chi connectivity index (χ1) is 16.0. The number of nitrogens with zero attached hydrogens (tertiary/aromatic N) is 6. The van der Waals surface area contributed by atoms with Crippen molar-refractivity contribution in [3.63, 3.8) is 0 Å². The van der Waals surface area contributed by atoms with Crippen molar-refractivity contribution in [3.05, 3.63) is 74.7 Å². The molecule has 1 aliphatic heterocycles. The predicted octanol–water partition coefficient (Wildman–Crippen LogP) is 1.77. The van der Waals surface area contributed by atoms with Crippen LogP contribution in [-0.4, -0.2) is 61.2 Å². The quantitative estimate of drug-likeness (QED) is 0.468. The molecule has 0 spiro atoms. The third-order valence-electron chi connectivity index (χ3n) is 6.91. The molecule has 8 nitrogen and oxygen atoms in total. The van der Waals surface area contributed by atoms with Crippen LogP contribution in [0.1, 0.15) is 18.3 Å². The van der Waals surface area contributed by atoms with E-state index in [9.17, 15) is 9.59 Å². The van der Waals surface area contributed by atoms with Gasteiger partial charge < -0.3 is 9.47 Å². The Kier molecular flexibility index (Phi) is 5.64.